The molecule has 0 radical (unpaired) electrons. The van der Waals surface area contributed by atoms with Gasteiger partial charge < -0.3 is 9.88 Å². The fourth-order valence-corrected chi connectivity index (χ4v) is 4.00. The molecule has 5 nitrogen and oxygen atoms in total. The molecule has 0 saturated heterocycles. The number of aromatic nitrogens is 3. The number of nitrogens with one attached hydrogen (secondary N) is 2. The third-order valence-electron chi connectivity index (χ3n) is 5.55. The van der Waals surface area contributed by atoms with Gasteiger partial charge in [-0.3, -0.25) is 9.89 Å². The van der Waals surface area contributed by atoms with Gasteiger partial charge in [-0.15, -0.1) is 0 Å². The van der Waals surface area contributed by atoms with Crippen molar-refractivity contribution in [2.24, 2.45) is 0 Å². The molecule has 1 aliphatic carbocycles. The molecule has 0 spiro atoms. The largest absolute Gasteiger partial charge is 0.350 e. The van der Waals surface area contributed by atoms with E-state index in [2.05, 4.69) is 34.2 Å². The molecule has 2 heterocycles. The first-order valence-corrected chi connectivity index (χ1v) is 9.44. The summed E-state index contributed by atoms with van der Waals surface area (Å²) in [4.78, 5) is 18.1. The van der Waals surface area contributed by atoms with Crippen LogP contribution in [-0.4, -0.2) is 33.0 Å². The van der Waals surface area contributed by atoms with Gasteiger partial charge in [0, 0.05) is 23.6 Å². The summed E-state index contributed by atoms with van der Waals surface area (Å²) in [5.41, 5.74) is 7.50. The second-order valence-electron chi connectivity index (χ2n) is 7.52. The van der Waals surface area contributed by atoms with Crippen molar-refractivity contribution in [1.82, 2.24) is 20.1 Å². The average molecular weight is 350 g/mol. The molecule has 0 atom stereocenters. The number of aryl methyl sites for hydroxylation is 3. The maximum Gasteiger partial charge on any atom is 0.270 e. The molecule has 136 valence electrons. The number of hydrogen-bond acceptors (Lipinski definition) is 2. The first-order chi connectivity index (χ1) is 12.5. The van der Waals surface area contributed by atoms with Crippen molar-refractivity contribution in [2.75, 3.05) is 7.05 Å². The predicted octanol–water partition coefficient (Wildman–Crippen LogP) is 4.05. The van der Waals surface area contributed by atoms with Gasteiger partial charge in [-0.05, 0) is 62.8 Å². The summed E-state index contributed by atoms with van der Waals surface area (Å²) in [6.07, 6.45) is 5.83. The Morgan fingerprint density at radius 2 is 2.00 bits per heavy atom. The highest BCUT2D eigenvalue weighted by Gasteiger charge is 2.22. The van der Waals surface area contributed by atoms with Crippen molar-refractivity contribution in [1.29, 1.82) is 0 Å². The second-order valence-corrected chi connectivity index (χ2v) is 7.52. The zero-order chi connectivity index (χ0) is 18.3. The van der Waals surface area contributed by atoms with Gasteiger partial charge in [0.05, 0.1) is 12.2 Å². The fourth-order valence-electron chi connectivity index (χ4n) is 4.00. The number of benzene rings is 1. The monoisotopic (exact) mass is 350 g/mol. The van der Waals surface area contributed by atoms with Gasteiger partial charge in [-0.1, -0.05) is 18.1 Å². The van der Waals surface area contributed by atoms with Gasteiger partial charge in [0.15, 0.2) is 0 Å². The van der Waals surface area contributed by atoms with E-state index in [4.69, 9.17) is 0 Å². The summed E-state index contributed by atoms with van der Waals surface area (Å²) in [6.45, 7) is 4.63. The van der Waals surface area contributed by atoms with Gasteiger partial charge in [0.1, 0.15) is 5.69 Å². The molecule has 0 saturated carbocycles. The van der Waals surface area contributed by atoms with Crippen molar-refractivity contribution in [3.05, 3.63) is 52.0 Å². The van der Waals surface area contributed by atoms with Crippen molar-refractivity contribution < 1.29 is 4.79 Å². The van der Waals surface area contributed by atoms with Crippen LogP contribution in [0, 0.1) is 13.8 Å². The van der Waals surface area contributed by atoms with Gasteiger partial charge in [-0.2, -0.15) is 5.10 Å². The topological polar surface area (TPSA) is 64.8 Å². The molecule has 0 bridgehead atoms. The van der Waals surface area contributed by atoms with E-state index in [1.165, 1.54) is 36.1 Å². The standard InChI is InChI=1S/C21H26N4O/c1-13-9-10-17-16(11-13)14(2)20(22-17)21(26)25(3)12-19-15-7-5-4-6-8-18(15)23-24-19/h9-11,22H,4-8,12H2,1-3H3,(H,23,24). The molecule has 0 aliphatic heterocycles. The summed E-state index contributed by atoms with van der Waals surface area (Å²) in [5, 5.41) is 8.82. The van der Waals surface area contributed by atoms with Gasteiger partial charge in [0.2, 0.25) is 0 Å². The smallest absolute Gasteiger partial charge is 0.270 e. The molecule has 0 unspecified atom stereocenters. The van der Waals surface area contributed by atoms with Crippen LogP contribution in [0.3, 0.4) is 0 Å². The highest BCUT2D eigenvalue weighted by molar-refractivity contribution is 6.00. The van der Waals surface area contributed by atoms with E-state index in [0.29, 0.717) is 12.2 Å². The third kappa shape index (κ3) is 2.91. The number of H-pyrrole nitrogens is 2. The highest BCUT2D eigenvalue weighted by Crippen LogP contribution is 2.25. The van der Waals surface area contributed by atoms with Crippen LogP contribution in [0.1, 0.15) is 57.8 Å². The zero-order valence-corrected chi connectivity index (χ0v) is 15.8. The molecular weight excluding hydrogens is 324 g/mol. The van der Waals surface area contributed by atoms with Crippen LogP contribution in [0.25, 0.3) is 10.9 Å². The first kappa shape index (κ1) is 16.9. The molecule has 1 aromatic carbocycles. The van der Waals surface area contributed by atoms with Crippen LogP contribution in [0.5, 0.6) is 0 Å². The normalized spacial score (nSPS) is 14.3. The maximum absolute atomic E-state index is 13.0. The molecular formula is C21H26N4O. The summed E-state index contributed by atoms with van der Waals surface area (Å²) in [6, 6.07) is 6.24. The lowest BCUT2D eigenvalue weighted by molar-refractivity contribution is 0.0777. The van der Waals surface area contributed by atoms with E-state index >= 15 is 0 Å². The molecule has 2 N–H and O–H groups in total. The Kier molecular flexibility index (Phi) is 4.31. The number of fused-ring (bicyclic) bond motifs is 2. The number of nitrogens with zero attached hydrogens (tertiary/aromatic N) is 2. The predicted molar refractivity (Wildman–Crippen MR) is 103 cm³/mol. The zero-order valence-electron chi connectivity index (χ0n) is 15.8. The number of hydrogen-bond donors (Lipinski definition) is 2. The van der Waals surface area contributed by atoms with Crippen LogP contribution < -0.4 is 0 Å². The van der Waals surface area contributed by atoms with Crippen molar-refractivity contribution in [3.63, 3.8) is 0 Å². The Morgan fingerprint density at radius 1 is 1.19 bits per heavy atom. The molecule has 0 fully saturated rings. The quantitative estimate of drug-likeness (QED) is 0.700. The Labute approximate surface area is 153 Å². The van der Waals surface area contributed by atoms with Crippen LogP contribution in [0.2, 0.25) is 0 Å². The summed E-state index contributed by atoms with van der Waals surface area (Å²) in [5.74, 6) is 0.0155. The molecule has 5 heteroatoms. The Balaban J connectivity index is 1.59. The number of amides is 1. The van der Waals surface area contributed by atoms with E-state index in [1.807, 2.05) is 20.0 Å². The van der Waals surface area contributed by atoms with Gasteiger partial charge >= 0.3 is 0 Å². The molecule has 1 amide bonds. The molecule has 2 aromatic heterocycles. The minimum absolute atomic E-state index is 0.0155. The minimum atomic E-state index is 0.0155. The van der Waals surface area contributed by atoms with Crippen LogP contribution >= 0.6 is 0 Å². The van der Waals surface area contributed by atoms with Crippen molar-refractivity contribution in [2.45, 2.75) is 52.5 Å². The molecule has 4 rings (SSSR count). The maximum atomic E-state index is 13.0. The summed E-state index contributed by atoms with van der Waals surface area (Å²) in [7, 11) is 1.86. The SMILES string of the molecule is Cc1ccc2[nH]c(C(=O)N(C)Cc3n[nH]c4c3CCCCC4)c(C)c2c1. The third-order valence-corrected chi connectivity index (χ3v) is 5.55. The number of carbonyl (C=O) groups is 1. The average Bonchev–Trinajstić information content (AvgIpc) is 3.05. The number of aromatic amines is 2. The van der Waals surface area contributed by atoms with E-state index in [-0.39, 0.29) is 5.91 Å². The van der Waals surface area contributed by atoms with Crippen LogP contribution in [0.15, 0.2) is 18.2 Å². The van der Waals surface area contributed by atoms with Crippen molar-refractivity contribution in [3.8, 4) is 0 Å². The van der Waals surface area contributed by atoms with Gasteiger partial charge in [0.25, 0.3) is 5.91 Å². The Bertz CT molecular complexity index is 966. The van der Waals surface area contributed by atoms with E-state index in [9.17, 15) is 4.79 Å². The molecule has 1 aliphatic rings. The summed E-state index contributed by atoms with van der Waals surface area (Å²) < 4.78 is 0. The molecule has 26 heavy (non-hydrogen) atoms. The second kappa shape index (κ2) is 6.63. The van der Waals surface area contributed by atoms with Gasteiger partial charge in [-0.25, -0.2) is 0 Å². The lowest BCUT2D eigenvalue weighted by atomic mass is 10.1. The summed E-state index contributed by atoms with van der Waals surface area (Å²) >= 11 is 0. The van der Waals surface area contributed by atoms with E-state index < -0.39 is 0 Å². The first-order valence-electron chi connectivity index (χ1n) is 9.44. The fraction of sp³-hybridized carbons (Fsp3) is 0.429. The Morgan fingerprint density at radius 3 is 2.85 bits per heavy atom. The van der Waals surface area contributed by atoms with E-state index in [0.717, 1.165) is 35.0 Å². The Hall–Kier alpha value is -2.56. The number of carbonyl (C=O) groups excluding carboxylic acids is 1. The van der Waals surface area contributed by atoms with Crippen LogP contribution in [0.4, 0.5) is 0 Å². The molecule has 3 aromatic rings. The lowest BCUT2D eigenvalue weighted by Gasteiger charge is -2.16. The lowest BCUT2D eigenvalue weighted by Crippen LogP contribution is -2.27. The number of rotatable bonds is 3. The highest BCUT2D eigenvalue weighted by atomic mass is 16.2. The van der Waals surface area contributed by atoms with Crippen LogP contribution in [-0.2, 0) is 19.4 Å². The van der Waals surface area contributed by atoms with Crippen molar-refractivity contribution >= 4 is 16.8 Å². The van der Waals surface area contributed by atoms with E-state index in [1.54, 1.807) is 4.90 Å². The minimum Gasteiger partial charge on any atom is -0.350 e.